The highest BCUT2D eigenvalue weighted by Gasteiger charge is 2.42. The standard InChI is InChI=1S/C6H12O5S/c7-1-2-3(8)4(9)5(10)6(11)12-2/h2-11H,1H2/t2-,3-,4+,5-,6-/m0/s1. The van der Waals surface area contributed by atoms with Crippen LogP contribution in [0.4, 0.5) is 0 Å². The predicted octanol–water partition coefficient (Wildman–Crippen LogP) is -2.50. The maximum Gasteiger partial charge on any atom is 0.128 e. The van der Waals surface area contributed by atoms with E-state index in [1.807, 2.05) is 0 Å². The van der Waals surface area contributed by atoms with Gasteiger partial charge in [-0.05, 0) is 0 Å². The molecule has 0 aromatic carbocycles. The molecule has 0 bridgehead atoms. The second kappa shape index (κ2) is 3.91. The third kappa shape index (κ3) is 1.73. The Hall–Kier alpha value is 0.150. The Balaban J connectivity index is 2.63. The first-order valence-corrected chi connectivity index (χ1v) is 4.50. The molecule has 12 heavy (non-hydrogen) atoms. The summed E-state index contributed by atoms with van der Waals surface area (Å²) in [5.41, 5.74) is -1.15. The van der Waals surface area contributed by atoms with Crippen LogP contribution in [0.25, 0.3) is 0 Å². The van der Waals surface area contributed by atoms with Gasteiger partial charge in [0.05, 0.1) is 18.0 Å². The molecule has 1 aliphatic rings. The van der Waals surface area contributed by atoms with Gasteiger partial charge < -0.3 is 25.5 Å². The molecule has 0 spiro atoms. The van der Waals surface area contributed by atoms with E-state index in [1.165, 1.54) is 0 Å². The van der Waals surface area contributed by atoms with Crippen LogP contribution in [-0.4, -0.2) is 61.1 Å². The van der Waals surface area contributed by atoms with Gasteiger partial charge in [0.1, 0.15) is 17.6 Å². The van der Waals surface area contributed by atoms with Crippen LogP contribution in [0.2, 0.25) is 0 Å². The van der Waals surface area contributed by atoms with Crippen LogP contribution in [0, 0.1) is 0 Å². The zero-order chi connectivity index (χ0) is 9.30. The number of rotatable bonds is 1. The van der Waals surface area contributed by atoms with Crippen molar-refractivity contribution >= 4 is 11.8 Å². The van der Waals surface area contributed by atoms with E-state index in [0.29, 0.717) is 0 Å². The fraction of sp³-hybridized carbons (Fsp3) is 1.00. The topological polar surface area (TPSA) is 101 Å². The molecule has 0 amide bonds. The van der Waals surface area contributed by atoms with E-state index in [4.69, 9.17) is 20.4 Å². The summed E-state index contributed by atoms with van der Waals surface area (Å²) >= 11 is 0.852. The van der Waals surface area contributed by atoms with E-state index in [9.17, 15) is 5.11 Å². The van der Waals surface area contributed by atoms with Gasteiger partial charge in [0.15, 0.2) is 0 Å². The second-order valence-corrected chi connectivity index (χ2v) is 4.08. The molecule has 0 saturated carbocycles. The van der Waals surface area contributed by atoms with Gasteiger partial charge in [-0.1, -0.05) is 0 Å². The highest BCUT2D eigenvalue weighted by molar-refractivity contribution is 8.00. The van der Waals surface area contributed by atoms with Crippen LogP contribution in [0.5, 0.6) is 0 Å². The van der Waals surface area contributed by atoms with E-state index >= 15 is 0 Å². The van der Waals surface area contributed by atoms with Crippen LogP contribution >= 0.6 is 11.8 Å². The largest absolute Gasteiger partial charge is 0.395 e. The summed E-state index contributed by atoms with van der Waals surface area (Å²) in [6.07, 6.45) is -3.94. The summed E-state index contributed by atoms with van der Waals surface area (Å²) in [4.78, 5) is 0. The van der Waals surface area contributed by atoms with Crippen LogP contribution in [0.1, 0.15) is 0 Å². The summed E-state index contributed by atoms with van der Waals surface area (Å²) < 4.78 is 0. The van der Waals surface area contributed by atoms with Crippen molar-refractivity contribution in [1.29, 1.82) is 0 Å². The smallest absolute Gasteiger partial charge is 0.128 e. The maximum atomic E-state index is 9.22. The molecule has 0 radical (unpaired) electrons. The van der Waals surface area contributed by atoms with Gasteiger partial charge in [-0.3, -0.25) is 0 Å². The Labute approximate surface area is 73.7 Å². The van der Waals surface area contributed by atoms with Crippen molar-refractivity contribution in [3.8, 4) is 0 Å². The molecule has 72 valence electrons. The molecule has 1 heterocycles. The van der Waals surface area contributed by atoms with Gasteiger partial charge in [0.2, 0.25) is 0 Å². The SMILES string of the molecule is OC[C@@H]1S[C@H](O)[C@@H](O)[C@H](O)[C@H]1O. The van der Waals surface area contributed by atoms with Crippen molar-refractivity contribution in [2.75, 3.05) is 6.61 Å². The molecule has 0 aliphatic carbocycles. The van der Waals surface area contributed by atoms with Crippen LogP contribution in [0.3, 0.4) is 0 Å². The van der Waals surface area contributed by atoms with E-state index in [2.05, 4.69) is 0 Å². The molecule has 1 saturated heterocycles. The van der Waals surface area contributed by atoms with Crippen molar-refractivity contribution in [3.05, 3.63) is 0 Å². The van der Waals surface area contributed by atoms with Crippen molar-refractivity contribution < 1.29 is 25.5 Å². The lowest BCUT2D eigenvalue weighted by Crippen LogP contribution is -2.53. The average Bonchev–Trinajstić information content (AvgIpc) is 2.08. The summed E-state index contributed by atoms with van der Waals surface area (Å²) in [5, 5.41) is 44.6. The maximum absolute atomic E-state index is 9.22. The van der Waals surface area contributed by atoms with Crippen LogP contribution < -0.4 is 0 Å². The van der Waals surface area contributed by atoms with E-state index in [1.54, 1.807) is 0 Å². The first-order chi connectivity index (χ1) is 5.57. The fourth-order valence-electron chi connectivity index (χ4n) is 1.08. The molecule has 5 nitrogen and oxygen atoms in total. The first-order valence-electron chi connectivity index (χ1n) is 3.56. The minimum absolute atomic E-state index is 0.341. The number of aliphatic hydroxyl groups is 5. The Bertz CT molecular complexity index is 150. The highest BCUT2D eigenvalue weighted by atomic mass is 32.2. The molecular formula is C6H12O5S. The fourth-order valence-corrected chi connectivity index (χ4v) is 2.17. The summed E-state index contributed by atoms with van der Waals surface area (Å²) in [7, 11) is 0. The van der Waals surface area contributed by atoms with Gasteiger partial charge in [-0.2, -0.15) is 0 Å². The lowest BCUT2D eigenvalue weighted by atomic mass is 10.0. The van der Waals surface area contributed by atoms with Gasteiger partial charge >= 0.3 is 0 Å². The van der Waals surface area contributed by atoms with Crippen molar-refractivity contribution in [2.45, 2.75) is 29.0 Å². The molecule has 5 N–H and O–H groups in total. The van der Waals surface area contributed by atoms with Crippen molar-refractivity contribution in [3.63, 3.8) is 0 Å². The summed E-state index contributed by atoms with van der Waals surface area (Å²) in [6.45, 7) is -0.341. The van der Waals surface area contributed by atoms with Gasteiger partial charge in [-0.25, -0.2) is 0 Å². The van der Waals surface area contributed by atoms with Gasteiger partial charge in [0.25, 0.3) is 0 Å². The third-order valence-corrected chi connectivity index (χ3v) is 3.20. The Kier molecular flexibility index (Phi) is 3.33. The summed E-state index contributed by atoms with van der Waals surface area (Å²) in [5.74, 6) is 0. The Morgan fingerprint density at radius 3 is 2.00 bits per heavy atom. The Morgan fingerprint density at radius 2 is 1.50 bits per heavy atom. The molecule has 1 fully saturated rings. The lowest BCUT2D eigenvalue weighted by Gasteiger charge is -2.36. The lowest BCUT2D eigenvalue weighted by molar-refractivity contribution is -0.0953. The van der Waals surface area contributed by atoms with Gasteiger partial charge in [0, 0.05) is 0 Å². The zero-order valence-electron chi connectivity index (χ0n) is 6.24. The van der Waals surface area contributed by atoms with Crippen molar-refractivity contribution in [1.82, 2.24) is 0 Å². The quantitative estimate of drug-likeness (QED) is 0.318. The first kappa shape index (κ1) is 10.2. The molecule has 0 unspecified atom stereocenters. The molecule has 0 aromatic heterocycles. The molecule has 0 aromatic rings. The monoisotopic (exact) mass is 196 g/mol. The van der Waals surface area contributed by atoms with E-state index in [-0.39, 0.29) is 6.61 Å². The third-order valence-electron chi connectivity index (χ3n) is 1.87. The molecular weight excluding hydrogens is 184 g/mol. The number of thioether (sulfide) groups is 1. The minimum Gasteiger partial charge on any atom is -0.395 e. The number of hydrogen-bond donors (Lipinski definition) is 5. The molecule has 6 heteroatoms. The van der Waals surface area contributed by atoms with Crippen molar-refractivity contribution in [2.24, 2.45) is 0 Å². The second-order valence-electron chi connectivity index (χ2n) is 2.72. The summed E-state index contributed by atoms with van der Waals surface area (Å²) in [6, 6.07) is 0. The normalized spacial score (nSPS) is 49.2. The number of hydrogen-bond acceptors (Lipinski definition) is 6. The van der Waals surface area contributed by atoms with Gasteiger partial charge in [-0.15, -0.1) is 11.8 Å². The minimum atomic E-state index is -1.39. The van der Waals surface area contributed by atoms with Crippen LogP contribution in [0.15, 0.2) is 0 Å². The average molecular weight is 196 g/mol. The van der Waals surface area contributed by atoms with Crippen LogP contribution in [-0.2, 0) is 0 Å². The highest BCUT2D eigenvalue weighted by Crippen LogP contribution is 2.30. The van der Waals surface area contributed by atoms with E-state index in [0.717, 1.165) is 11.8 Å². The molecule has 5 atom stereocenters. The Morgan fingerprint density at radius 1 is 0.917 bits per heavy atom. The number of aliphatic hydroxyl groups excluding tert-OH is 5. The van der Waals surface area contributed by atoms with E-state index < -0.39 is 29.0 Å². The zero-order valence-corrected chi connectivity index (χ0v) is 7.05. The molecule has 1 aliphatic heterocycles. The predicted molar refractivity (Wildman–Crippen MR) is 42.5 cm³/mol. The molecule has 1 rings (SSSR count).